The normalized spacial score (nSPS) is 14.5. The first kappa shape index (κ1) is 23.9. The Kier molecular flexibility index (Phi) is 8.35. The van der Waals surface area contributed by atoms with E-state index >= 15 is 0 Å². The van der Waals surface area contributed by atoms with E-state index in [0.29, 0.717) is 30.3 Å². The maximum absolute atomic E-state index is 13.1. The minimum absolute atomic E-state index is 0.00811. The Hall–Kier alpha value is -2.78. The summed E-state index contributed by atoms with van der Waals surface area (Å²) in [7, 11) is -0.828. The zero-order valence-corrected chi connectivity index (χ0v) is 19.3. The third-order valence-electron chi connectivity index (χ3n) is 5.33. The lowest BCUT2D eigenvalue weighted by Crippen LogP contribution is -2.32. The van der Waals surface area contributed by atoms with Crippen LogP contribution in [0.2, 0.25) is 0 Å². The first-order chi connectivity index (χ1) is 15.5. The van der Waals surface area contributed by atoms with Gasteiger partial charge in [0.2, 0.25) is 10.0 Å². The highest BCUT2D eigenvalue weighted by Gasteiger charge is 2.24. The third-order valence-corrected chi connectivity index (χ3v) is 6.78. The quantitative estimate of drug-likeness (QED) is 0.576. The molecule has 2 aromatic rings. The van der Waals surface area contributed by atoms with Gasteiger partial charge in [-0.1, -0.05) is 25.0 Å². The summed E-state index contributed by atoms with van der Waals surface area (Å²) >= 11 is 0. The lowest BCUT2D eigenvalue weighted by atomic mass is 10.1. The Labute approximate surface area is 189 Å². The minimum atomic E-state index is -3.84. The van der Waals surface area contributed by atoms with Crippen LogP contribution in [0.5, 0.6) is 17.2 Å². The molecule has 1 aliphatic heterocycles. The lowest BCUT2D eigenvalue weighted by Gasteiger charge is -2.22. The number of benzene rings is 2. The fraction of sp³-hybridized carbons (Fsp3) is 0.435. The second-order valence-corrected chi connectivity index (χ2v) is 9.23. The van der Waals surface area contributed by atoms with Crippen molar-refractivity contribution in [3.05, 3.63) is 48.0 Å². The van der Waals surface area contributed by atoms with E-state index in [1.165, 1.54) is 25.3 Å². The number of carbonyl (C=O) groups excluding carboxylic acids is 1. The summed E-state index contributed by atoms with van der Waals surface area (Å²) in [5, 5.41) is 0. The number of para-hydroxylation sites is 2. The summed E-state index contributed by atoms with van der Waals surface area (Å²) in [4.78, 5) is 14.9. The molecule has 32 heavy (non-hydrogen) atoms. The van der Waals surface area contributed by atoms with Crippen LogP contribution in [0.4, 0.5) is 0 Å². The summed E-state index contributed by atoms with van der Waals surface area (Å²) in [6.07, 6.45) is 4.08. The predicted octanol–water partition coefficient (Wildman–Crippen LogP) is 3.08. The Morgan fingerprint density at radius 1 is 0.938 bits per heavy atom. The number of hydrogen-bond acceptors (Lipinski definition) is 6. The van der Waals surface area contributed by atoms with Gasteiger partial charge in [0.25, 0.3) is 5.91 Å². The predicted molar refractivity (Wildman–Crippen MR) is 121 cm³/mol. The molecule has 8 nitrogen and oxygen atoms in total. The lowest BCUT2D eigenvalue weighted by molar-refractivity contribution is 0.0758. The van der Waals surface area contributed by atoms with Crippen molar-refractivity contribution >= 4 is 15.9 Å². The molecule has 1 fully saturated rings. The summed E-state index contributed by atoms with van der Waals surface area (Å²) in [6, 6.07) is 11.5. The van der Waals surface area contributed by atoms with Gasteiger partial charge in [-0.3, -0.25) is 4.79 Å². The van der Waals surface area contributed by atoms with Crippen molar-refractivity contribution in [2.45, 2.75) is 30.6 Å². The van der Waals surface area contributed by atoms with Crippen LogP contribution < -0.4 is 18.9 Å². The number of ether oxygens (including phenoxy) is 3. The van der Waals surface area contributed by atoms with Gasteiger partial charge in [0.15, 0.2) is 11.5 Å². The summed E-state index contributed by atoms with van der Waals surface area (Å²) in [6.45, 7) is 1.51. The van der Waals surface area contributed by atoms with Gasteiger partial charge in [0.1, 0.15) is 12.4 Å². The van der Waals surface area contributed by atoms with Gasteiger partial charge in [-0.15, -0.1) is 0 Å². The molecule has 0 atom stereocenters. The van der Waals surface area contributed by atoms with Crippen molar-refractivity contribution in [2.24, 2.45) is 0 Å². The van der Waals surface area contributed by atoms with E-state index in [1.807, 2.05) is 12.1 Å². The van der Waals surface area contributed by atoms with Crippen LogP contribution in [-0.4, -0.2) is 59.7 Å². The molecule has 1 saturated heterocycles. The topological polar surface area (TPSA) is 94.2 Å². The molecule has 174 valence electrons. The van der Waals surface area contributed by atoms with Crippen LogP contribution in [0.15, 0.2) is 47.4 Å². The van der Waals surface area contributed by atoms with E-state index in [0.717, 1.165) is 25.7 Å². The number of sulfonamides is 1. The smallest absolute Gasteiger partial charge is 0.257 e. The second-order valence-electron chi connectivity index (χ2n) is 7.47. The molecular weight excluding hydrogens is 432 g/mol. The molecule has 0 radical (unpaired) electrons. The molecule has 0 aliphatic carbocycles. The fourth-order valence-corrected chi connectivity index (χ4v) is 4.66. The number of carbonyl (C=O) groups is 1. The van der Waals surface area contributed by atoms with Crippen molar-refractivity contribution in [3.8, 4) is 17.2 Å². The number of rotatable bonds is 9. The highest BCUT2D eigenvalue weighted by atomic mass is 32.2. The molecule has 1 aliphatic rings. The number of likely N-dealkylation sites (tertiary alicyclic amines) is 1. The summed E-state index contributed by atoms with van der Waals surface area (Å²) in [5.74, 6) is 1.25. The molecule has 1 amide bonds. The highest BCUT2D eigenvalue weighted by molar-refractivity contribution is 7.89. The maximum atomic E-state index is 13.1. The molecular formula is C23H30N2O6S. The van der Waals surface area contributed by atoms with Gasteiger partial charge in [0, 0.05) is 19.6 Å². The zero-order chi connectivity index (χ0) is 23.0. The van der Waals surface area contributed by atoms with Gasteiger partial charge in [-0.05, 0) is 43.2 Å². The van der Waals surface area contributed by atoms with Crippen molar-refractivity contribution < 1.29 is 27.4 Å². The van der Waals surface area contributed by atoms with Gasteiger partial charge in [-0.2, -0.15) is 0 Å². The largest absolute Gasteiger partial charge is 0.496 e. The first-order valence-electron chi connectivity index (χ1n) is 10.7. The van der Waals surface area contributed by atoms with Crippen molar-refractivity contribution in [3.63, 3.8) is 0 Å². The van der Waals surface area contributed by atoms with Crippen LogP contribution in [0.3, 0.4) is 0 Å². The van der Waals surface area contributed by atoms with E-state index in [4.69, 9.17) is 14.2 Å². The molecule has 1 heterocycles. The molecule has 1 N–H and O–H groups in total. The van der Waals surface area contributed by atoms with Crippen molar-refractivity contribution in [1.29, 1.82) is 0 Å². The molecule has 2 aromatic carbocycles. The molecule has 0 spiro atoms. The van der Waals surface area contributed by atoms with E-state index < -0.39 is 10.0 Å². The Morgan fingerprint density at radius 2 is 1.59 bits per heavy atom. The zero-order valence-electron chi connectivity index (χ0n) is 18.5. The monoisotopic (exact) mass is 462 g/mol. The highest BCUT2D eigenvalue weighted by Crippen LogP contribution is 2.26. The van der Waals surface area contributed by atoms with Crippen LogP contribution >= 0.6 is 0 Å². The summed E-state index contributed by atoms with van der Waals surface area (Å²) < 4.78 is 44.3. The number of hydrogen-bond donors (Lipinski definition) is 1. The SMILES string of the molecule is COc1ccccc1OCCNS(=O)(=O)c1ccc(OC)c(C(=O)N2CCCCCC2)c1. The average molecular weight is 463 g/mol. The van der Waals surface area contributed by atoms with Crippen molar-refractivity contribution in [2.75, 3.05) is 40.5 Å². The van der Waals surface area contributed by atoms with Gasteiger partial charge >= 0.3 is 0 Å². The second kappa shape index (κ2) is 11.2. The molecule has 0 aromatic heterocycles. The maximum Gasteiger partial charge on any atom is 0.257 e. The van der Waals surface area contributed by atoms with Gasteiger partial charge in [-0.25, -0.2) is 13.1 Å². The van der Waals surface area contributed by atoms with Gasteiger partial charge in [0.05, 0.1) is 24.7 Å². The Balaban J connectivity index is 1.69. The van der Waals surface area contributed by atoms with E-state index in [2.05, 4.69) is 4.72 Å². The first-order valence-corrected chi connectivity index (χ1v) is 12.2. The summed E-state index contributed by atoms with van der Waals surface area (Å²) in [5.41, 5.74) is 0.252. The Bertz CT molecular complexity index is 1020. The van der Waals surface area contributed by atoms with Crippen molar-refractivity contribution in [1.82, 2.24) is 9.62 Å². The van der Waals surface area contributed by atoms with Crippen LogP contribution in [-0.2, 0) is 10.0 Å². The van der Waals surface area contributed by atoms with E-state index in [1.54, 1.807) is 24.1 Å². The molecule has 0 unspecified atom stereocenters. The minimum Gasteiger partial charge on any atom is -0.496 e. The fourth-order valence-electron chi connectivity index (χ4n) is 3.62. The molecule has 0 bridgehead atoms. The number of amides is 1. The van der Waals surface area contributed by atoms with E-state index in [-0.39, 0.29) is 29.5 Å². The van der Waals surface area contributed by atoms with Gasteiger partial charge < -0.3 is 19.1 Å². The van der Waals surface area contributed by atoms with Crippen LogP contribution in [0.25, 0.3) is 0 Å². The number of methoxy groups -OCH3 is 2. The Morgan fingerprint density at radius 3 is 2.25 bits per heavy atom. The van der Waals surface area contributed by atoms with Crippen LogP contribution in [0, 0.1) is 0 Å². The molecule has 3 rings (SSSR count). The molecule has 9 heteroatoms. The standard InChI is InChI=1S/C23H30N2O6S/c1-29-20-12-11-18(17-19(20)23(26)25-14-7-3-4-8-15-25)32(27,28)24-13-16-31-22-10-6-5-9-21(22)30-2/h5-6,9-12,17,24H,3-4,7-8,13-16H2,1-2H3. The molecule has 0 saturated carbocycles. The average Bonchev–Trinajstić information content (AvgIpc) is 3.11. The van der Waals surface area contributed by atoms with Crippen LogP contribution in [0.1, 0.15) is 36.0 Å². The van der Waals surface area contributed by atoms with E-state index in [9.17, 15) is 13.2 Å². The number of nitrogens with zero attached hydrogens (tertiary/aromatic N) is 1. The number of nitrogens with one attached hydrogen (secondary N) is 1. The third kappa shape index (κ3) is 5.92.